The maximum absolute atomic E-state index is 12.3. The molecule has 1 aromatic carbocycles. The number of thiophene rings is 1. The van der Waals surface area contributed by atoms with Crippen LogP contribution in [0.5, 0.6) is 0 Å². The number of rotatable bonds is 4. The number of benzene rings is 1. The fraction of sp³-hybridized carbons (Fsp3) is 0.0714. The van der Waals surface area contributed by atoms with Crippen LogP contribution in [-0.2, 0) is 4.79 Å². The Morgan fingerprint density at radius 3 is 2.42 bits per heavy atom. The molecule has 10 heteroatoms. The Bertz CT molecular complexity index is 817. The number of anilines is 1. The van der Waals surface area contributed by atoms with Crippen LogP contribution in [0.2, 0.25) is 0 Å². The first-order valence-corrected chi connectivity index (χ1v) is 7.47. The van der Waals surface area contributed by atoms with Crippen LogP contribution in [-0.4, -0.2) is 22.6 Å². The van der Waals surface area contributed by atoms with Gasteiger partial charge in [-0.25, -0.2) is 0 Å². The van der Waals surface area contributed by atoms with Crippen LogP contribution in [0.25, 0.3) is 0 Å². The lowest BCUT2D eigenvalue weighted by atomic mass is 10.1. The molecule has 3 N–H and O–H groups in total. The molecular weight excluding hydrogens is 336 g/mol. The summed E-state index contributed by atoms with van der Waals surface area (Å²) in [7, 11) is 0. The van der Waals surface area contributed by atoms with E-state index in [-0.39, 0.29) is 21.8 Å². The fourth-order valence-corrected chi connectivity index (χ4v) is 2.57. The van der Waals surface area contributed by atoms with Crippen molar-refractivity contribution in [3.05, 3.63) is 57.0 Å². The summed E-state index contributed by atoms with van der Waals surface area (Å²) in [6, 6.07) is 6.94. The van der Waals surface area contributed by atoms with E-state index in [0.29, 0.717) is 0 Å². The first-order chi connectivity index (χ1) is 11.4. The Morgan fingerprint density at radius 1 is 1.04 bits per heavy atom. The molecule has 9 nitrogen and oxygen atoms in total. The molecule has 0 radical (unpaired) electrons. The molecule has 24 heavy (non-hydrogen) atoms. The van der Waals surface area contributed by atoms with Gasteiger partial charge in [0.1, 0.15) is 10.6 Å². The minimum absolute atomic E-state index is 0.121. The molecule has 0 atom stereocenters. The molecule has 0 saturated carbocycles. The highest BCUT2D eigenvalue weighted by atomic mass is 32.1. The van der Waals surface area contributed by atoms with E-state index in [1.165, 1.54) is 37.3 Å². The summed E-state index contributed by atoms with van der Waals surface area (Å²) in [6.07, 6.45) is 0. The summed E-state index contributed by atoms with van der Waals surface area (Å²) in [5.74, 6) is -1.79. The van der Waals surface area contributed by atoms with Crippen LogP contribution in [0, 0.1) is 10.1 Å². The number of hydrogen-bond acceptors (Lipinski definition) is 6. The van der Waals surface area contributed by atoms with E-state index in [2.05, 4.69) is 16.2 Å². The average Bonchev–Trinajstić information content (AvgIpc) is 3.00. The van der Waals surface area contributed by atoms with Crippen molar-refractivity contribution >= 4 is 39.7 Å². The van der Waals surface area contributed by atoms with E-state index >= 15 is 0 Å². The van der Waals surface area contributed by atoms with Gasteiger partial charge in [-0.2, -0.15) is 0 Å². The second kappa shape index (κ2) is 7.33. The topological polar surface area (TPSA) is 130 Å². The van der Waals surface area contributed by atoms with Crippen LogP contribution in [0.15, 0.2) is 35.7 Å². The molecule has 3 amide bonds. The van der Waals surface area contributed by atoms with Gasteiger partial charge in [0.25, 0.3) is 17.5 Å². The molecular formula is C14H12N4O5S. The predicted molar refractivity (Wildman–Crippen MR) is 86.7 cm³/mol. The number of nitrogens with zero attached hydrogens (tertiary/aromatic N) is 1. The highest BCUT2D eigenvalue weighted by molar-refractivity contribution is 7.14. The van der Waals surface area contributed by atoms with Crippen molar-refractivity contribution in [1.82, 2.24) is 10.9 Å². The normalized spacial score (nSPS) is 9.88. The molecule has 0 saturated heterocycles. The van der Waals surface area contributed by atoms with Crippen LogP contribution >= 0.6 is 11.3 Å². The minimum atomic E-state index is -0.710. The zero-order valence-corrected chi connectivity index (χ0v) is 13.2. The summed E-state index contributed by atoms with van der Waals surface area (Å²) in [4.78, 5) is 45.3. The van der Waals surface area contributed by atoms with Gasteiger partial charge in [-0.05, 0) is 17.5 Å². The molecule has 1 heterocycles. The van der Waals surface area contributed by atoms with Crippen molar-refractivity contribution in [3.63, 3.8) is 0 Å². The summed E-state index contributed by atoms with van der Waals surface area (Å²) < 4.78 is 0. The van der Waals surface area contributed by atoms with Gasteiger partial charge in [0, 0.05) is 13.0 Å². The first-order valence-electron chi connectivity index (χ1n) is 6.59. The van der Waals surface area contributed by atoms with E-state index in [9.17, 15) is 24.5 Å². The summed E-state index contributed by atoms with van der Waals surface area (Å²) in [5, 5.41) is 15.2. The van der Waals surface area contributed by atoms with Crippen molar-refractivity contribution in [3.8, 4) is 0 Å². The van der Waals surface area contributed by atoms with Crippen molar-refractivity contribution in [2.75, 3.05) is 5.32 Å². The van der Waals surface area contributed by atoms with Crippen LogP contribution < -0.4 is 16.2 Å². The van der Waals surface area contributed by atoms with Gasteiger partial charge in [-0.15, -0.1) is 11.3 Å². The lowest BCUT2D eigenvalue weighted by molar-refractivity contribution is -0.385. The molecule has 1 aromatic heterocycles. The predicted octanol–water partition coefficient (Wildman–Crippen LogP) is 1.69. The largest absolute Gasteiger partial charge is 0.313 e. The SMILES string of the molecule is CC(=O)NNC(=O)c1ccsc1NC(=O)c1ccccc1[N+](=O)[O-]. The number of nitrogens with one attached hydrogen (secondary N) is 3. The van der Waals surface area contributed by atoms with Crippen molar-refractivity contribution in [2.24, 2.45) is 0 Å². The third-order valence-electron chi connectivity index (χ3n) is 2.83. The maximum atomic E-state index is 12.3. The number of carbonyl (C=O) groups excluding carboxylic acids is 3. The number of carbonyl (C=O) groups is 3. The number of hydrazine groups is 1. The second-order valence-corrected chi connectivity index (χ2v) is 5.44. The number of nitro groups is 1. The first kappa shape index (κ1) is 17.1. The lowest BCUT2D eigenvalue weighted by Crippen LogP contribution is -2.40. The molecule has 2 rings (SSSR count). The Hall–Kier alpha value is -3.27. The summed E-state index contributed by atoms with van der Waals surface area (Å²) in [5.41, 5.74) is 3.98. The van der Waals surface area contributed by atoms with Crippen LogP contribution in [0.3, 0.4) is 0 Å². The average molecular weight is 348 g/mol. The quantitative estimate of drug-likeness (QED) is 0.572. The van der Waals surface area contributed by atoms with E-state index in [4.69, 9.17) is 0 Å². The van der Waals surface area contributed by atoms with E-state index in [1.54, 1.807) is 5.38 Å². The summed E-state index contributed by atoms with van der Waals surface area (Å²) >= 11 is 1.07. The van der Waals surface area contributed by atoms with Gasteiger partial charge >= 0.3 is 0 Å². The fourth-order valence-electron chi connectivity index (χ4n) is 1.79. The van der Waals surface area contributed by atoms with Gasteiger partial charge in [0.2, 0.25) is 5.91 Å². The smallest absolute Gasteiger partial charge is 0.282 e. The third-order valence-corrected chi connectivity index (χ3v) is 3.66. The number of hydrogen-bond donors (Lipinski definition) is 3. The van der Waals surface area contributed by atoms with Crippen LogP contribution in [0.1, 0.15) is 27.6 Å². The standard InChI is InChI=1S/C14H12N4O5S/c1-8(19)16-17-13(21)10-6-7-24-14(10)15-12(20)9-4-2-3-5-11(9)18(22)23/h2-7H,1H3,(H,15,20)(H,16,19)(H,17,21). The molecule has 2 aromatic rings. The Balaban J connectivity index is 2.19. The second-order valence-electron chi connectivity index (χ2n) is 4.53. The van der Waals surface area contributed by atoms with Crippen LogP contribution in [0.4, 0.5) is 10.7 Å². The third kappa shape index (κ3) is 3.93. The van der Waals surface area contributed by atoms with E-state index < -0.39 is 22.6 Å². The molecule has 0 aliphatic carbocycles. The van der Waals surface area contributed by atoms with Gasteiger partial charge < -0.3 is 5.32 Å². The molecule has 0 fully saturated rings. The monoisotopic (exact) mass is 348 g/mol. The van der Waals surface area contributed by atoms with Crippen molar-refractivity contribution in [2.45, 2.75) is 6.92 Å². The zero-order chi connectivity index (χ0) is 17.7. The van der Waals surface area contributed by atoms with E-state index in [1.807, 2.05) is 0 Å². The molecule has 0 unspecified atom stereocenters. The molecule has 0 bridgehead atoms. The number of nitro benzene ring substituents is 1. The highest BCUT2D eigenvalue weighted by Crippen LogP contribution is 2.25. The van der Waals surface area contributed by atoms with Crippen molar-refractivity contribution in [1.29, 1.82) is 0 Å². The lowest BCUT2D eigenvalue weighted by Gasteiger charge is -2.08. The molecule has 0 aliphatic heterocycles. The van der Waals surface area contributed by atoms with Gasteiger partial charge in [-0.1, -0.05) is 12.1 Å². The summed E-state index contributed by atoms with van der Waals surface area (Å²) in [6.45, 7) is 1.23. The zero-order valence-electron chi connectivity index (χ0n) is 12.4. The molecule has 0 spiro atoms. The molecule has 124 valence electrons. The van der Waals surface area contributed by atoms with Gasteiger partial charge in [0.15, 0.2) is 0 Å². The Morgan fingerprint density at radius 2 is 1.75 bits per heavy atom. The molecule has 0 aliphatic rings. The number of amides is 3. The Kier molecular flexibility index (Phi) is 5.22. The minimum Gasteiger partial charge on any atom is -0.313 e. The van der Waals surface area contributed by atoms with Crippen molar-refractivity contribution < 1.29 is 19.3 Å². The maximum Gasteiger partial charge on any atom is 0.282 e. The van der Waals surface area contributed by atoms with E-state index in [0.717, 1.165) is 11.3 Å². The van der Waals surface area contributed by atoms with Gasteiger partial charge in [0.05, 0.1) is 10.5 Å². The number of para-hydroxylation sites is 1. The van der Waals surface area contributed by atoms with Gasteiger partial charge in [-0.3, -0.25) is 35.3 Å². The Labute approximate surface area is 139 Å². The highest BCUT2D eigenvalue weighted by Gasteiger charge is 2.21.